The molecule has 1 N–H and O–H groups in total. The van der Waals surface area contributed by atoms with Crippen LogP contribution in [0.5, 0.6) is 5.88 Å². The number of methoxy groups -OCH3 is 1. The zero-order chi connectivity index (χ0) is 15.1. The van der Waals surface area contributed by atoms with Gasteiger partial charge in [0.2, 0.25) is 5.88 Å². The molecular formula is C17H23N3O. The van der Waals surface area contributed by atoms with E-state index in [2.05, 4.69) is 53.4 Å². The molecule has 2 aromatic rings. The fraction of sp³-hybridized carbons (Fsp3) is 0.412. The zero-order valence-corrected chi connectivity index (χ0v) is 13.0. The number of hydrogen-bond donors (Lipinski definition) is 1. The number of aromatic nitrogens is 2. The molecule has 1 atom stereocenters. The number of ether oxygens (including phenoxy) is 1. The number of nitrogens with one attached hydrogen (secondary N) is 1. The summed E-state index contributed by atoms with van der Waals surface area (Å²) < 4.78 is 5.20. The van der Waals surface area contributed by atoms with E-state index < -0.39 is 0 Å². The minimum Gasteiger partial charge on any atom is -0.481 e. The van der Waals surface area contributed by atoms with Crippen LogP contribution in [0, 0.1) is 0 Å². The molecule has 4 nitrogen and oxygen atoms in total. The van der Waals surface area contributed by atoms with Gasteiger partial charge in [0, 0.05) is 6.07 Å². The maximum atomic E-state index is 5.20. The van der Waals surface area contributed by atoms with Crippen LogP contribution in [0.25, 0.3) is 0 Å². The summed E-state index contributed by atoms with van der Waals surface area (Å²) in [4.78, 5) is 8.48. The Morgan fingerprint density at radius 3 is 2.76 bits per heavy atom. The first-order valence-corrected chi connectivity index (χ1v) is 7.46. The normalized spacial score (nSPS) is 12.1. The van der Waals surface area contributed by atoms with Crippen LogP contribution in [0.15, 0.2) is 36.7 Å². The standard InChI is InChI=1S/C17H23N3O/c1-4-7-13-8-6-9-14(10-13)17(18-5-2)15-11-16(21-3)20-12-19-15/h6,8-12,17-18H,4-5,7H2,1-3H3. The Labute approximate surface area is 126 Å². The van der Waals surface area contributed by atoms with E-state index >= 15 is 0 Å². The molecule has 0 bridgehead atoms. The minimum atomic E-state index is 0.0590. The third-order valence-corrected chi connectivity index (χ3v) is 3.40. The lowest BCUT2D eigenvalue weighted by Gasteiger charge is -2.19. The first kappa shape index (κ1) is 15.4. The first-order valence-electron chi connectivity index (χ1n) is 7.46. The van der Waals surface area contributed by atoms with Gasteiger partial charge in [-0.25, -0.2) is 9.97 Å². The van der Waals surface area contributed by atoms with E-state index in [1.165, 1.54) is 11.1 Å². The smallest absolute Gasteiger partial charge is 0.216 e. The summed E-state index contributed by atoms with van der Waals surface area (Å²) in [5.41, 5.74) is 3.51. The van der Waals surface area contributed by atoms with E-state index in [0.717, 1.165) is 25.1 Å². The number of rotatable bonds is 7. The zero-order valence-electron chi connectivity index (χ0n) is 13.0. The van der Waals surface area contributed by atoms with E-state index in [1.807, 2.05) is 6.07 Å². The van der Waals surface area contributed by atoms with Gasteiger partial charge < -0.3 is 10.1 Å². The molecule has 0 aliphatic heterocycles. The Bertz CT molecular complexity index is 571. The van der Waals surface area contributed by atoms with Crippen molar-refractivity contribution in [3.63, 3.8) is 0 Å². The van der Waals surface area contributed by atoms with E-state index in [-0.39, 0.29) is 6.04 Å². The van der Waals surface area contributed by atoms with Gasteiger partial charge in [-0.05, 0) is 24.1 Å². The molecule has 1 aromatic heterocycles. The maximum Gasteiger partial charge on any atom is 0.216 e. The molecule has 21 heavy (non-hydrogen) atoms. The molecular weight excluding hydrogens is 262 g/mol. The largest absolute Gasteiger partial charge is 0.481 e. The van der Waals surface area contributed by atoms with Crippen molar-refractivity contribution < 1.29 is 4.74 Å². The van der Waals surface area contributed by atoms with Gasteiger partial charge in [0.1, 0.15) is 6.33 Å². The van der Waals surface area contributed by atoms with Crippen molar-refractivity contribution in [2.45, 2.75) is 32.7 Å². The summed E-state index contributed by atoms with van der Waals surface area (Å²) in [5.74, 6) is 0.590. The second kappa shape index (κ2) is 7.74. The molecule has 0 aliphatic carbocycles. The summed E-state index contributed by atoms with van der Waals surface area (Å²) in [6, 6.07) is 10.6. The Balaban J connectivity index is 2.35. The molecule has 112 valence electrons. The summed E-state index contributed by atoms with van der Waals surface area (Å²) in [6.07, 6.45) is 3.80. The van der Waals surface area contributed by atoms with Crippen molar-refractivity contribution in [2.75, 3.05) is 13.7 Å². The van der Waals surface area contributed by atoms with Gasteiger partial charge >= 0.3 is 0 Å². The van der Waals surface area contributed by atoms with E-state index in [9.17, 15) is 0 Å². The number of hydrogen-bond acceptors (Lipinski definition) is 4. The van der Waals surface area contributed by atoms with Gasteiger partial charge in [0.05, 0.1) is 18.8 Å². The van der Waals surface area contributed by atoms with Crippen molar-refractivity contribution in [2.24, 2.45) is 0 Å². The molecule has 2 rings (SSSR count). The molecule has 1 heterocycles. The Hall–Kier alpha value is -1.94. The fourth-order valence-electron chi connectivity index (χ4n) is 2.44. The lowest BCUT2D eigenvalue weighted by Crippen LogP contribution is -2.23. The van der Waals surface area contributed by atoms with Gasteiger partial charge in [-0.3, -0.25) is 0 Å². The number of benzene rings is 1. The third kappa shape index (κ3) is 4.02. The molecule has 0 spiro atoms. The predicted octanol–water partition coefficient (Wildman–Crippen LogP) is 3.14. The summed E-state index contributed by atoms with van der Waals surface area (Å²) in [7, 11) is 1.62. The topological polar surface area (TPSA) is 47.0 Å². The molecule has 0 radical (unpaired) electrons. The summed E-state index contributed by atoms with van der Waals surface area (Å²) in [5, 5.41) is 3.49. The van der Waals surface area contributed by atoms with Crippen LogP contribution >= 0.6 is 0 Å². The van der Waals surface area contributed by atoms with Crippen molar-refractivity contribution in [1.29, 1.82) is 0 Å². The lowest BCUT2D eigenvalue weighted by atomic mass is 9.99. The average Bonchev–Trinajstić information content (AvgIpc) is 2.53. The van der Waals surface area contributed by atoms with Gasteiger partial charge in [-0.1, -0.05) is 44.5 Å². The second-order valence-corrected chi connectivity index (χ2v) is 4.97. The van der Waals surface area contributed by atoms with Gasteiger partial charge in [0.15, 0.2) is 0 Å². The van der Waals surface area contributed by atoms with Crippen LogP contribution in [0.2, 0.25) is 0 Å². The maximum absolute atomic E-state index is 5.20. The van der Waals surface area contributed by atoms with Crippen molar-refractivity contribution >= 4 is 0 Å². The monoisotopic (exact) mass is 285 g/mol. The van der Waals surface area contributed by atoms with Crippen LogP contribution in [0.3, 0.4) is 0 Å². The highest BCUT2D eigenvalue weighted by Gasteiger charge is 2.15. The lowest BCUT2D eigenvalue weighted by molar-refractivity contribution is 0.395. The van der Waals surface area contributed by atoms with Gasteiger partial charge in [0.25, 0.3) is 0 Å². The average molecular weight is 285 g/mol. The van der Waals surface area contributed by atoms with Crippen molar-refractivity contribution in [3.8, 4) is 5.88 Å². The van der Waals surface area contributed by atoms with E-state index in [0.29, 0.717) is 5.88 Å². The Morgan fingerprint density at radius 2 is 2.05 bits per heavy atom. The van der Waals surface area contributed by atoms with Crippen LogP contribution in [-0.4, -0.2) is 23.6 Å². The summed E-state index contributed by atoms with van der Waals surface area (Å²) in [6.45, 7) is 5.17. The van der Waals surface area contributed by atoms with Crippen LogP contribution < -0.4 is 10.1 Å². The van der Waals surface area contributed by atoms with E-state index in [1.54, 1.807) is 13.4 Å². The third-order valence-electron chi connectivity index (χ3n) is 3.40. The fourth-order valence-corrected chi connectivity index (χ4v) is 2.44. The van der Waals surface area contributed by atoms with Crippen LogP contribution in [0.1, 0.15) is 43.1 Å². The van der Waals surface area contributed by atoms with Gasteiger partial charge in [-0.2, -0.15) is 0 Å². The molecule has 0 saturated heterocycles. The van der Waals surface area contributed by atoms with E-state index in [4.69, 9.17) is 4.74 Å². The number of aryl methyl sites for hydroxylation is 1. The molecule has 0 aliphatic rings. The summed E-state index contributed by atoms with van der Waals surface area (Å²) >= 11 is 0. The van der Waals surface area contributed by atoms with Crippen molar-refractivity contribution in [3.05, 3.63) is 53.5 Å². The molecule has 0 saturated carbocycles. The second-order valence-electron chi connectivity index (χ2n) is 4.97. The molecule has 4 heteroatoms. The highest BCUT2D eigenvalue weighted by atomic mass is 16.5. The van der Waals surface area contributed by atoms with Crippen LogP contribution in [0.4, 0.5) is 0 Å². The SMILES string of the molecule is CCCc1cccc(C(NCC)c2cc(OC)ncn2)c1. The Morgan fingerprint density at radius 1 is 1.19 bits per heavy atom. The number of nitrogens with zero attached hydrogens (tertiary/aromatic N) is 2. The predicted molar refractivity (Wildman–Crippen MR) is 84.5 cm³/mol. The molecule has 0 amide bonds. The van der Waals surface area contributed by atoms with Gasteiger partial charge in [-0.15, -0.1) is 0 Å². The van der Waals surface area contributed by atoms with Crippen LogP contribution in [-0.2, 0) is 6.42 Å². The van der Waals surface area contributed by atoms with Crippen molar-refractivity contribution in [1.82, 2.24) is 15.3 Å². The highest BCUT2D eigenvalue weighted by molar-refractivity contribution is 5.32. The molecule has 0 fully saturated rings. The quantitative estimate of drug-likeness (QED) is 0.849. The first-order chi connectivity index (χ1) is 10.3. The highest BCUT2D eigenvalue weighted by Crippen LogP contribution is 2.23. The molecule has 1 unspecified atom stereocenters. The Kier molecular flexibility index (Phi) is 5.69. The minimum absolute atomic E-state index is 0.0590. The molecule has 1 aromatic carbocycles.